The molecule has 0 aliphatic heterocycles. The predicted octanol–water partition coefficient (Wildman–Crippen LogP) is -0.763. The number of anilines is 1. The Morgan fingerprint density at radius 1 is 1.28 bits per heavy atom. The first-order valence-electron chi connectivity index (χ1n) is 8.04. The molecular formula is C14H19B2N3O9S. The summed E-state index contributed by atoms with van der Waals surface area (Å²) in [7, 11) is 2.17. The van der Waals surface area contributed by atoms with Gasteiger partial charge in [-0.3, -0.25) is 10.1 Å². The van der Waals surface area contributed by atoms with E-state index in [-0.39, 0.29) is 10.8 Å². The standard InChI is InChI=1S/C14H19B2N3O9S/c1-14(2,3)25-13(24)18-12-17-6(5-29-12)9(10(21)22)19-28-7(11(23)27-16)4-8(20)26-15/h5,7H,4,15-16H2,1-3H3,(H,21,22)(H,17,18,24)/b19-9-/t7-/m0/s1. The zero-order valence-corrected chi connectivity index (χ0v) is 17.2. The van der Waals surface area contributed by atoms with Crippen molar-refractivity contribution in [1.29, 1.82) is 0 Å². The molecule has 0 saturated carbocycles. The van der Waals surface area contributed by atoms with Crippen LogP contribution in [0.4, 0.5) is 9.93 Å². The number of rotatable bonds is 8. The Kier molecular flexibility index (Phi) is 8.63. The Balaban J connectivity index is 2.98. The molecule has 0 spiro atoms. The van der Waals surface area contributed by atoms with E-state index in [2.05, 4.69) is 24.8 Å². The molecule has 1 aromatic rings. The molecule has 2 N–H and O–H groups in total. The first kappa shape index (κ1) is 23.9. The number of aliphatic carboxylic acids is 1. The number of carboxylic acid groups (broad SMARTS) is 1. The third-order valence-corrected chi connectivity index (χ3v) is 3.63. The Morgan fingerprint density at radius 2 is 1.93 bits per heavy atom. The monoisotopic (exact) mass is 427 g/mol. The third kappa shape index (κ3) is 8.21. The molecule has 1 rings (SSSR count). The fourth-order valence-corrected chi connectivity index (χ4v) is 2.35. The fourth-order valence-electron chi connectivity index (χ4n) is 1.67. The van der Waals surface area contributed by atoms with E-state index in [1.54, 1.807) is 20.8 Å². The highest BCUT2D eigenvalue weighted by Crippen LogP contribution is 2.18. The van der Waals surface area contributed by atoms with Crippen LogP contribution in [0.2, 0.25) is 0 Å². The molecule has 0 radical (unpaired) electrons. The van der Waals surface area contributed by atoms with Crippen molar-refractivity contribution in [3.05, 3.63) is 11.1 Å². The van der Waals surface area contributed by atoms with Crippen LogP contribution in [0.1, 0.15) is 32.9 Å². The normalized spacial score (nSPS) is 12.4. The lowest BCUT2D eigenvalue weighted by Gasteiger charge is -2.18. The van der Waals surface area contributed by atoms with Crippen molar-refractivity contribution in [3.8, 4) is 0 Å². The highest BCUT2D eigenvalue weighted by Gasteiger charge is 2.27. The van der Waals surface area contributed by atoms with Gasteiger partial charge in [0, 0.05) is 5.38 Å². The maximum Gasteiger partial charge on any atom is 0.413 e. The molecule has 156 valence electrons. The van der Waals surface area contributed by atoms with Gasteiger partial charge in [0.25, 0.3) is 5.97 Å². The topological polar surface area (TPSA) is 163 Å². The predicted molar refractivity (Wildman–Crippen MR) is 105 cm³/mol. The number of carboxylic acids is 1. The maximum atomic E-state index is 11.8. The van der Waals surface area contributed by atoms with Gasteiger partial charge in [-0.05, 0) is 20.8 Å². The van der Waals surface area contributed by atoms with Crippen molar-refractivity contribution in [2.24, 2.45) is 5.16 Å². The smallest absolute Gasteiger partial charge is 0.413 e. The molecule has 12 nitrogen and oxygen atoms in total. The minimum atomic E-state index is -1.51. The van der Waals surface area contributed by atoms with Gasteiger partial charge >= 0.3 is 34.1 Å². The number of carbonyl (C=O) groups excluding carboxylic acids is 3. The Labute approximate surface area is 171 Å². The van der Waals surface area contributed by atoms with Crippen LogP contribution < -0.4 is 5.32 Å². The number of hydrogen-bond acceptors (Lipinski definition) is 11. The first-order valence-corrected chi connectivity index (χ1v) is 8.92. The molecule has 0 aliphatic rings. The van der Waals surface area contributed by atoms with Crippen LogP contribution in [-0.4, -0.2) is 67.6 Å². The van der Waals surface area contributed by atoms with Gasteiger partial charge in [0.2, 0.25) is 11.8 Å². The van der Waals surface area contributed by atoms with Crippen LogP contribution in [0.15, 0.2) is 10.5 Å². The third-order valence-electron chi connectivity index (χ3n) is 2.87. The lowest BCUT2D eigenvalue weighted by Crippen LogP contribution is -2.29. The molecule has 0 saturated heterocycles. The number of aromatic nitrogens is 1. The second-order valence-corrected chi connectivity index (χ2v) is 7.17. The van der Waals surface area contributed by atoms with Crippen molar-refractivity contribution in [2.45, 2.75) is 38.9 Å². The highest BCUT2D eigenvalue weighted by atomic mass is 32.1. The minimum absolute atomic E-state index is 0.0577. The van der Waals surface area contributed by atoms with Crippen molar-refractivity contribution >= 4 is 62.3 Å². The second kappa shape index (κ2) is 10.5. The minimum Gasteiger partial charge on any atom is -0.543 e. The van der Waals surface area contributed by atoms with Gasteiger partial charge in [0.05, 0.1) is 6.42 Å². The van der Waals surface area contributed by atoms with Gasteiger partial charge in [-0.25, -0.2) is 19.4 Å². The van der Waals surface area contributed by atoms with Crippen molar-refractivity contribution in [2.75, 3.05) is 5.32 Å². The van der Waals surface area contributed by atoms with Crippen LogP contribution in [0.25, 0.3) is 0 Å². The quantitative estimate of drug-likeness (QED) is 0.306. The molecule has 1 amide bonds. The molecule has 0 aromatic carbocycles. The second-order valence-electron chi connectivity index (χ2n) is 6.31. The Hall–Kier alpha value is -3.09. The van der Waals surface area contributed by atoms with Gasteiger partial charge in [-0.1, -0.05) is 5.16 Å². The van der Waals surface area contributed by atoms with E-state index in [1.165, 1.54) is 5.38 Å². The summed E-state index contributed by atoms with van der Waals surface area (Å²) >= 11 is 0.920. The molecular weight excluding hydrogens is 408 g/mol. The number of oxime groups is 1. The van der Waals surface area contributed by atoms with E-state index in [1.807, 2.05) is 0 Å². The number of carbonyl (C=O) groups is 4. The zero-order valence-electron chi connectivity index (χ0n) is 16.4. The van der Waals surface area contributed by atoms with E-state index in [0.717, 1.165) is 27.4 Å². The zero-order chi connectivity index (χ0) is 22.2. The van der Waals surface area contributed by atoms with E-state index in [4.69, 9.17) is 9.57 Å². The first-order chi connectivity index (χ1) is 13.5. The van der Waals surface area contributed by atoms with Crippen molar-refractivity contribution in [3.63, 3.8) is 0 Å². The molecule has 1 atom stereocenters. The van der Waals surface area contributed by atoms with Crippen LogP contribution in [0.5, 0.6) is 0 Å². The van der Waals surface area contributed by atoms with Gasteiger partial charge in [0.15, 0.2) is 5.13 Å². The Morgan fingerprint density at radius 3 is 2.45 bits per heavy atom. The summed E-state index contributed by atoms with van der Waals surface area (Å²) in [6.07, 6.45) is -2.82. The number of nitrogens with one attached hydrogen (secondary N) is 1. The summed E-state index contributed by atoms with van der Waals surface area (Å²) in [4.78, 5) is 55.1. The van der Waals surface area contributed by atoms with Crippen LogP contribution in [-0.2, 0) is 33.3 Å². The summed E-state index contributed by atoms with van der Waals surface area (Å²) in [5, 5.41) is 16.5. The number of hydrogen-bond donors (Lipinski definition) is 2. The van der Waals surface area contributed by atoms with E-state index < -0.39 is 47.8 Å². The molecule has 0 bridgehead atoms. The average Bonchev–Trinajstić information content (AvgIpc) is 3.05. The van der Waals surface area contributed by atoms with Crippen LogP contribution in [0, 0.1) is 0 Å². The van der Waals surface area contributed by atoms with Gasteiger partial charge in [-0.2, -0.15) is 0 Å². The van der Waals surface area contributed by atoms with Crippen molar-refractivity contribution in [1.82, 2.24) is 4.98 Å². The number of ether oxygens (including phenoxy) is 1. The lowest BCUT2D eigenvalue weighted by molar-refractivity contribution is -0.153. The summed E-state index contributed by atoms with van der Waals surface area (Å²) in [6, 6.07) is 0. The average molecular weight is 427 g/mol. The summed E-state index contributed by atoms with van der Waals surface area (Å²) in [6.45, 7) is 5.04. The van der Waals surface area contributed by atoms with Crippen LogP contribution >= 0.6 is 11.3 Å². The molecule has 29 heavy (non-hydrogen) atoms. The molecule has 0 aliphatic carbocycles. The van der Waals surface area contributed by atoms with Crippen LogP contribution in [0.3, 0.4) is 0 Å². The SMILES string of the molecule is BOC(=O)C[C@H](O/N=C(\C(=O)O)c1csc(NC(=O)OC(C)(C)C)n1)C(=O)OB. The number of thiazole rings is 1. The molecule has 0 unspecified atom stereocenters. The van der Waals surface area contributed by atoms with E-state index >= 15 is 0 Å². The number of amides is 1. The van der Waals surface area contributed by atoms with Crippen molar-refractivity contribution < 1.29 is 43.2 Å². The molecule has 1 heterocycles. The fraction of sp³-hybridized carbons (Fsp3) is 0.429. The molecule has 1 aromatic heterocycles. The largest absolute Gasteiger partial charge is 0.543 e. The van der Waals surface area contributed by atoms with E-state index in [0.29, 0.717) is 0 Å². The summed E-state index contributed by atoms with van der Waals surface area (Å²) in [5.74, 6) is -3.25. The molecule has 0 fully saturated rings. The Bertz CT molecular complexity index is 806. The van der Waals surface area contributed by atoms with Gasteiger partial charge in [-0.15, -0.1) is 11.3 Å². The summed E-state index contributed by atoms with van der Waals surface area (Å²) in [5.41, 5.74) is -1.53. The molecule has 15 heteroatoms. The maximum absolute atomic E-state index is 11.8. The highest BCUT2D eigenvalue weighted by molar-refractivity contribution is 7.14. The van der Waals surface area contributed by atoms with E-state index in [9.17, 15) is 24.3 Å². The summed E-state index contributed by atoms with van der Waals surface area (Å²) < 4.78 is 14.0. The van der Waals surface area contributed by atoms with Gasteiger partial charge in [0.1, 0.15) is 11.3 Å². The number of nitrogens with zero attached hydrogens (tertiary/aromatic N) is 2. The lowest BCUT2D eigenvalue weighted by atomic mass is 10.2. The van der Waals surface area contributed by atoms with Gasteiger partial charge < -0.3 is 24.0 Å².